The van der Waals surface area contributed by atoms with Crippen LogP contribution in [0.15, 0.2) is 218 Å². The minimum Gasteiger partial charge on any atom is -0.310 e. The first-order chi connectivity index (χ1) is 61.8. The Kier molecular flexibility index (Phi) is 20.0. The minimum atomic E-state index is -0.480. The Morgan fingerprint density at radius 3 is 0.774 bits per heavy atom. The Labute approximate surface area is 791 Å². The third-order valence-electron chi connectivity index (χ3n) is 29.4. The molecule has 13 aromatic carbocycles. The summed E-state index contributed by atoms with van der Waals surface area (Å²) in [5.74, 6) is 0. The van der Waals surface area contributed by atoms with Crippen molar-refractivity contribution in [3.8, 4) is 28.8 Å². The highest BCUT2D eigenvalue weighted by Gasteiger charge is 2.47. The zero-order valence-corrected chi connectivity index (χ0v) is 85.4. The van der Waals surface area contributed by atoms with Crippen LogP contribution in [0.2, 0.25) is 0 Å². The molecule has 17 aromatic rings. The number of anilines is 6. The molecule has 0 radical (unpaired) electrons. The molecule has 0 unspecified atom stereocenters. The van der Waals surface area contributed by atoms with Gasteiger partial charge in [-0.05, 0) is 300 Å². The summed E-state index contributed by atoms with van der Waals surface area (Å²) in [6, 6.07) is 89.4. The number of fused-ring (bicyclic) bond motifs is 16. The number of hydrogen-bond acceptors (Lipinski definition) is 3. The van der Waals surface area contributed by atoms with Crippen molar-refractivity contribution in [2.45, 2.75) is 288 Å². The molecule has 19 rings (SSSR count). The molecule has 0 N–H and O–H groups in total. The average molecular weight is 1750 g/mol. The molecule has 0 fully saturated rings. The lowest BCUT2D eigenvalue weighted by molar-refractivity contribution is 0.567. The van der Waals surface area contributed by atoms with Gasteiger partial charge >= 0.3 is 0 Å². The lowest BCUT2D eigenvalue weighted by Crippen LogP contribution is -2.61. The van der Waals surface area contributed by atoms with Gasteiger partial charge in [-0.1, -0.05) is 289 Å². The summed E-state index contributed by atoms with van der Waals surface area (Å²) in [5, 5.41) is 21.3. The van der Waals surface area contributed by atoms with Crippen LogP contribution in [0.4, 0.5) is 39.8 Å². The summed E-state index contributed by atoms with van der Waals surface area (Å²) >= 11 is 0. The van der Waals surface area contributed by atoms with Gasteiger partial charge in [-0.25, -0.2) is 4.85 Å². The second-order valence-corrected chi connectivity index (χ2v) is 50.5. The van der Waals surface area contributed by atoms with Crippen molar-refractivity contribution in [3.63, 3.8) is 0 Å². The van der Waals surface area contributed by atoms with E-state index in [0.29, 0.717) is 11.3 Å². The highest BCUT2D eigenvalue weighted by Crippen LogP contribution is 2.56. The second-order valence-electron chi connectivity index (χ2n) is 50.5. The Bertz CT molecular complexity index is 7250. The third-order valence-corrected chi connectivity index (χ3v) is 29.4. The molecule has 8 nitrogen and oxygen atoms in total. The highest BCUT2D eigenvalue weighted by molar-refractivity contribution is 7.00. The molecule has 6 heterocycles. The fourth-order valence-electron chi connectivity index (χ4n) is 21.1. The predicted octanol–water partition coefficient (Wildman–Crippen LogP) is 32.9. The van der Waals surface area contributed by atoms with E-state index in [4.69, 9.17) is 0 Å². The van der Waals surface area contributed by atoms with Crippen LogP contribution in [0.3, 0.4) is 0 Å². The number of nitrogens with zero attached hydrogens (tertiary/aromatic N) is 8. The molecule has 9 heteroatoms. The zero-order valence-electron chi connectivity index (χ0n) is 85.4. The molecule has 133 heavy (non-hydrogen) atoms. The van der Waals surface area contributed by atoms with Gasteiger partial charge in [-0.3, -0.25) is 0 Å². The normalized spacial score (nSPS) is 14.0. The summed E-state index contributed by atoms with van der Waals surface area (Å²) in [7, 11) is 0. The lowest BCUT2D eigenvalue weighted by Gasteiger charge is -2.45. The van der Waals surface area contributed by atoms with Crippen LogP contribution >= 0.6 is 0 Å². The lowest BCUT2D eigenvalue weighted by atomic mass is 9.33. The van der Waals surface area contributed by atoms with E-state index >= 15 is 0 Å². The van der Waals surface area contributed by atoms with Crippen LogP contribution in [-0.2, 0) is 59.6 Å². The quantitative estimate of drug-likeness (QED) is 0.123. The van der Waals surface area contributed by atoms with Crippen molar-refractivity contribution in [2.24, 2.45) is 0 Å². The topological polar surface area (TPSA) is 54.4 Å². The molecule has 0 bridgehead atoms. The van der Waals surface area contributed by atoms with E-state index < -0.39 is 12.1 Å². The smallest absolute Gasteiger partial charge is 0.252 e. The van der Waals surface area contributed by atoms with Gasteiger partial charge in [0.2, 0.25) is 0 Å². The van der Waals surface area contributed by atoms with Crippen LogP contribution < -0.4 is 26.2 Å². The van der Waals surface area contributed by atoms with E-state index in [2.05, 4.69) is 486 Å². The first kappa shape index (κ1) is 89.9. The first-order valence-corrected chi connectivity index (χ1v) is 48.4. The van der Waals surface area contributed by atoms with Crippen molar-refractivity contribution in [2.75, 3.05) is 9.80 Å². The third kappa shape index (κ3) is 14.9. The van der Waals surface area contributed by atoms with Gasteiger partial charge in [-0.15, -0.1) is 0 Å². The Morgan fingerprint density at radius 2 is 0.496 bits per heavy atom. The molecule has 674 valence electrons. The summed E-state index contributed by atoms with van der Waals surface area (Å²) in [6.45, 7) is 86.2. The fourth-order valence-corrected chi connectivity index (χ4v) is 21.1. The van der Waals surface area contributed by atoms with Crippen LogP contribution in [0.5, 0.6) is 0 Å². The van der Waals surface area contributed by atoms with Crippen molar-refractivity contribution >= 4 is 150 Å². The van der Waals surface area contributed by atoms with Gasteiger partial charge in [0.25, 0.3) is 6.71 Å². The molecule has 2 aliphatic heterocycles. The molecule has 0 saturated heterocycles. The van der Waals surface area contributed by atoms with Crippen LogP contribution in [0.1, 0.15) is 295 Å². The molecule has 0 aliphatic carbocycles. The number of aromatic nitrogens is 4. The van der Waals surface area contributed by atoms with E-state index in [1.54, 1.807) is 0 Å². The molecule has 0 spiro atoms. The van der Waals surface area contributed by atoms with E-state index in [1.165, 1.54) is 77.2 Å². The van der Waals surface area contributed by atoms with Gasteiger partial charge in [0.15, 0.2) is 5.69 Å². The van der Waals surface area contributed by atoms with E-state index in [9.17, 15) is 11.8 Å². The van der Waals surface area contributed by atoms with Crippen LogP contribution in [0.25, 0.3) is 115 Å². The maximum Gasteiger partial charge on any atom is 0.252 e. The largest absolute Gasteiger partial charge is 0.310 e. The standard InChI is InChI=1S/C124H135BN8/c1-114(2,3)73-35-45-99-89(59-73)90-60-74(115(4,5)6)36-46-100(90)128(99)85-41-43-97-105(69-85)132(109-52-72(71-126)51-95-93-63-77(118(13,14)15)39-49-103(93)130(112(95)109)87-55-79(120(19,20)21)53-80(56-87)121(22,23)24)107-65-83(124(31,32)33)66-108-111(107)125(97)98-44-42-86(129-101-47-37-75(116(7,8)9)61-91(101)92-62-76(117(10,11)12)38-48-102(92)129)70-106(98)133(108)110-68-84(127-34)67-96-94-64-78(119(16,17)18)40-50-104(94)131(113(96)110)88-57-81(122(25,26)27)54-82(58-88)123(28,29)30/h35-70H,1-33H3. The van der Waals surface area contributed by atoms with Gasteiger partial charge < -0.3 is 28.1 Å². The first-order valence-electron chi connectivity index (χ1n) is 48.4. The number of benzene rings is 13. The monoisotopic (exact) mass is 1750 g/mol. The van der Waals surface area contributed by atoms with Crippen LogP contribution in [-0.4, -0.2) is 25.0 Å². The number of nitriles is 1. The fraction of sp³-hybridized carbons (Fsp3) is 0.355. The Hall–Kier alpha value is -12.3. The summed E-state index contributed by atoms with van der Waals surface area (Å²) in [4.78, 5) is 9.90. The van der Waals surface area contributed by atoms with Crippen LogP contribution in [0, 0.1) is 17.9 Å². The van der Waals surface area contributed by atoms with Gasteiger partial charge in [-0.2, -0.15) is 5.26 Å². The maximum atomic E-state index is 12.2. The van der Waals surface area contributed by atoms with E-state index in [1.807, 2.05) is 0 Å². The predicted molar refractivity (Wildman–Crippen MR) is 574 cm³/mol. The number of hydrogen-bond donors (Lipinski definition) is 0. The van der Waals surface area contributed by atoms with Gasteiger partial charge in [0, 0.05) is 83.2 Å². The molecule has 2 aliphatic rings. The summed E-state index contributed by atoms with van der Waals surface area (Å²) in [6.07, 6.45) is 0. The SMILES string of the molecule is [C-]#[N+]c1cc(N2c3cc(-n4c5ccc(C(C)(C)C)cc5c5cc(C(C)(C)C)ccc54)ccc3B3c4ccc(-n5c6ccc(C(C)(C)C)cc6c6cc(C(C)(C)C)ccc65)cc4N(c4cc(C#N)cc5c6cc(C(C)(C)C)ccc6n(-c6cc(C(C)(C)C)cc(C(C)(C)C)c6)c45)c4cc(C(C)(C)C)cc2c43)c2c(c1)c1cc(C(C)(C)C)ccc1n2-c1cc(C(C)(C)C)cc(C(C)(C)C)c1. The molecule has 0 saturated carbocycles. The van der Waals surface area contributed by atoms with E-state index in [0.717, 1.165) is 145 Å². The minimum absolute atomic E-state index is 0.116. The highest BCUT2D eigenvalue weighted by atomic mass is 15.2. The zero-order chi connectivity index (χ0) is 95.7. The summed E-state index contributed by atoms with van der Waals surface area (Å²) in [5.41, 5.74) is 34.6. The average Bonchev–Trinajstić information content (AvgIpc) is 1.26. The van der Waals surface area contributed by atoms with Crippen molar-refractivity contribution in [1.29, 1.82) is 5.26 Å². The Morgan fingerprint density at radius 1 is 0.233 bits per heavy atom. The van der Waals surface area contributed by atoms with E-state index in [-0.39, 0.29) is 54.1 Å². The second kappa shape index (κ2) is 29.6. The van der Waals surface area contributed by atoms with Crippen molar-refractivity contribution < 1.29 is 0 Å². The van der Waals surface area contributed by atoms with Crippen molar-refractivity contribution in [1.82, 2.24) is 18.3 Å². The van der Waals surface area contributed by atoms with Gasteiger partial charge in [0.1, 0.15) is 0 Å². The van der Waals surface area contributed by atoms with Crippen molar-refractivity contribution in [3.05, 3.63) is 297 Å². The molecule has 4 aromatic heterocycles. The molecule has 0 atom stereocenters. The Balaban J connectivity index is 1.03. The number of rotatable bonds is 6. The molecular weight excluding hydrogens is 1610 g/mol. The molecule has 0 amide bonds. The maximum absolute atomic E-state index is 12.2. The van der Waals surface area contributed by atoms with Gasteiger partial charge in [0.05, 0.1) is 73.7 Å². The molecular formula is C124H135BN8. The summed E-state index contributed by atoms with van der Waals surface area (Å²) < 4.78 is 10.2.